The molecule has 2 nitrogen and oxygen atoms in total. The normalized spacial score (nSPS) is 24.1. The van der Waals surface area contributed by atoms with Gasteiger partial charge in [0.1, 0.15) is 0 Å². The van der Waals surface area contributed by atoms with Crippen molar-refractivity contribution in [2.24, 2.45) is 5.92 Å². The zero-order valence-corrected chi connectivity index (χ0v) is 14.6. The van der Waals surface area contributed by atoms with Crippen molar-refractivity contribution in [2.75, 3.05) is 6.54 Å². The van der Waals surface area contributed by atoms with Crippen LogP contribution >= 0.6 is 11.3 Å². The standard InChI is InChI=1S/C17H30N2S/c1-6-18-11-14-15(17(3,4)5)19-16(20-14)13-9-7-8-12(2)10-13/h12-13,18H,6-11H2,1-5H3. The molecule has 2 atom stereocenters. The minimum Gasteiger partial charge on any atom is -0.312 e. The van der Waals surface area contributed by atoms with E-state index in [-0.39, 0.29) is 5.41 Å². The summed E-state index contributed by atoms with van der Waals surface area (Å²) >= 11 is 1.96. The minimum atomic E-state index is 0.153. The lowest BCUT2D eigenvalue weighted by molar-refractivity contribution is 0.343. The first-order valence-electron chi connectivity index (χ1n) is 8.12. The van der Waals surface area contributed by atoms with Gasteiger partial charge < -0.3 is 5.32 Å². The van der Waals surface area contributed by atoms with E-state index in [1.807, 2.05) is 11.3 Å². The first kappa shape index (κ1) is 16.0. The summed E-state index contributed by atoms with van der Waals surface area (Å²) in [5, 5.41) is 4.87. The third kappa shape index (κ3) is 3.82. The molecule has 3 heteroatoms. The molecule has 0 radical (unpaired) electrons. The quantitative estimate of drug-likeness (QED) is 0.859. The average molecular weight is 295 g/mol. The van der Waals surface area contributed by atoms with Crippen LogP contribution in [0.2, 0.25) is 0 Å². The molecule has 1 fully saturated rings. The SMILES string of the molecule is CCNCc1sc(C2CCCC(C)C2)nc1C(C)(C)C. The molecule has 1 N–H and O–H groups in total. The summed E-state index contributed by atoms with van der Waals surface area (Å²) in [7, 11) is 0. The molecule has 1 aliphatic carbocycles. The molecule has 2 rings (SSSR count). The molecule has 2 unspecified atom stereocenters. The van der Waals surface area contributed by atoms with Crippen molar-refractivity contribution >= 4 is 11.3 Å². The van der Waals surface area contributed by atoms with Crippen LogP contribution in [0.25, 0.3) is 0 Å². The van der Waals surface area contributed by atoms with Crippen molar-refractivity contribution in [3.05, 3.63) is 15.6 Å². The summed E-state index contributed by atoms with van der Waals surface area (Å²) < 4.78 is 0. The van der Waals surface area contributed by atoms with E-state index in [0.29, 0.717) is 5.92 Å². The maximum Gasteiger partial charge on any atom is 0.0962 e. The van der Waals surface area contributed by atoms with Gasteiger partial charge in [-0.15, -0.1) is 11.3 Å². The summed E-state index contributed by atoms with van der Waals surface area (Å²) in [5.74, 6) is 1.58. The van der Waals surface area contributed by atoms with Crippen LogP contribution in [-0.4, -0.2) is 11.5 Å². The van der Waals surface area contributed by atoms with E-state index in [0.717, 1.165) is 19.0 Å². The monoisotopic (exact) mass is 294 g/mol. The van der Waals surface area contributed by atoms with Crippen LogP contribution in [0.15, 0.2) is 0 Å². The second-order valence-corrected chi connectivity index (χ2v) is 8.44. The van der Waals surface area contributed by atoms with E-state index in [4.69, 9.17) is 4.98 Å². The molecular formula is C17H30N2S. The maximum atomic E-state index is 5.07. The zero-order valence-electron chi connectivity index (χ0n) is 13.8. The van der Waals surface area contributed by atoms with Gasteiger partial charge >= 0.3 is 0 Å². The average Bonchev–Trinajstić information content (AvgIpc) is 2.80. The summed E-state index contributed by atoms with van der Waals surface area (Å²) in [6, 6.07) is 0. The van der Waals surface area contributed by atoms with Gasteiger partial charge in [-0.3, -0.25) is 0 Å². The Balaban J connectivity index is 2.23. The fourth-order valence-electron chi connectivity index (χ4n) is 3.15. The van der Waals surface area contributed by atoms with E-state index in [1.54, 1.807) is 0 Å². The Hall–Kier alpha value is -0.410. The lowest BCUT2D eigenvalue weighted by atomic mass is 9.83. The van der Waals surface area contributed by atoms with E-state index in [9.17, 15) is 0 Å². The molecular weight excluding hydrogens is 264 g/mol. The molecule has 1 saturated carbocycles. The van der Waals surface area contributed by atoms with Crippen LogP contribution in [0, 0.1) is 5.92 Å². The Morgan fingerprint density at radius 3 is 2.65 bits per heavy atom. The topological polar surface area (TPSA) is 24.9 Å². The molecule has 0 aromatic carbocycles. The van der Waals surface area contributed by atoms with Gasteiger partial charge in [-0.1, -0.05) is 47.5 Å². The largest absolute Gasteiger partial charge is 0.312 e. The highest BCUT2D eigenvalue weighted by molar-refractivity contribution is 7.11. The minimum absolute atomic E-state index is 0.153. The second kappa shape index (κ2) is 6.57. The van der Waals surface area contributed by atoms with Gasteiger partial charge in [-0.2, -0.15) is 0 Å². The van der Waals surface area contributed by atoms with Gasteiger partial charge in [0, 0.05) is 22.8 Å². The molecule has 0 amide bonds. The number of nitrogens with one attached hydrogen (secondary N) is 1. The fraction of sp³-hybridized carbons (Fsp3) is 0.824. The third-order valence-electron chi connectivity index (χ3n) is 4.25. The molecule has 1 aromatic heterocycles. The van der Waals surface area contributed by atoms with Gasteiger partial charge in [-0.25, -0.2) is 4.98 Å². The third-order valence-corrected chi connectivity index (χ3v) is 5.46. The van der Waals surface area contributed by atoms with E-state index in [2.05, 4.69) is 39.9 Å². The first-order chi connectivity index (χ1) is 9.41. The summed E-state index contributed by atoms with van der Waals surface area (Å²) in [4.78, 5) is 6.52. The molecule has 1 aliphatic rings. The van der Waals surface area contributed by atoms with Crippen molar-refractivity contribution < 1.29 is 0 Å². The highest BCUT2D eigenvalue weighted by atomic mass is 32.1. The summed E-state index contributed by atoms with van der Waals surface area (Å²) in [6.07, 6.45) is 5.44. The van der Waals surface area contributed by atoms with Crippen molar-refractivity contribution in [1.82, 2.24) is 10.3 Å². The van der Waals surface area contributed by atoms with Crippen molar-refractivity contribution in [2.45, 2.75) is 78.2 Å². The summed E-state index contributed by atoms with van der Waals surface area (Å²) in [6.45, 7) is 13.4. The van der Waals surface area contributed by atoms with Gasteiger partial charge in [0.25, 0.3) is 0 Å². The predicted octanol–water partition coefficient (Wildman–Crippen LogP) is 4.84. The summed E-state index contributed by atoms with van der Waals surface area (Å²) in [5.41, 5.74) is 1.47. The van der Waals surface area contributed by atoms with E-state index in [1.165, 1.54) is 41.3 Å². The van der Waals surface area contributed by atoms with Gasteiger partial charge in [0.2, 0.25) is 0 Å². The predicted molar refractivity (Wildman–Crippen MR) is 88.6 cm³/mol. The molecule has 0 bridgehead atoms. The Morgan fingerprint density at radius 2 is 2.05 bits per heavy atom. The van der Waals surface area contributed by atoms with Crippen LogP contribution in [0.4, 0.5) is 0 Å². The number of aromatic nitrogens is 1. The number of rotatable bonds is 4. The maximum absolute atomic E-state index is 5.07. The Kier molecular flexibility index (Phi) is 5.25. The molecule has 0 saturated heterocycles. The lowest BCUT2D eigenvalue weighted by Gasteiger charge is -2.25. The molecule has 0 aliphatic heterocycles. The van der Waals surface area contributed by atoms with Crippen molar-refractivity contribution in [3.63, 3.8) is 0 Å². The Labute approximate surface area is 128 Å². The second-order valence-electron chi connectivity index (χ2n) is 7.32. The van der Waals surface area contributed by atoms with Crippen molar-refractivity contribution in [1.29, 1.82) is 0 Å². The highest BCUT2D eigenvalue weighted by Crippen LogP contribution is 2.40. The smallest absolute Gasteiger partial charge is 0.0962 e. The first-order valence-corrected chi connectivity index (χ1v) is 8.94. The molecule has 1 heterocycles. The van der Waals surface area contributed by atoms with Crippen molar-refractivity contribution in [3.8, 4) is 0 Å². The van der Waals surface area contributed by atoms with Crippen LogP contribution in [-0.2, 0) is 12.0 Å². The Morgan fingerprint density at radius 1 is 1.30 bits per heavy atom. The zero-order chi connectivity index (χ0) is 14.8. The number of nitrogens with zero attached hydrogens (tertiary/aromatic N) is 1. The Bertz CT molecular complexity index is 431. The van der Waals surface area contributed by atoms with E-state index >= 15 is 0 Å². The molecule has 20 heavy (non-hydrogen) atoms. The molecule has 0 spiro atoms. The van der Waals surface area contributed by atoms with Crippen LogP contribution in [0.1, 0.15) is 81.8 Å². The van der Waals surface area contributed by atoms with E-state index < -0.39 is 0 Å². The van der Waals surface area contributed by atoms with Crippen LogP contribution < -0.4 is 5.32 Å². The lowest BCUT2D eigenvalue weighted by Crippen LogP contribution is -2.18. The van der Waals surface area contributed by atoms with Gasteiger partial charge in [-0.05, 0) is 25.3 Å². The number of hydrogen-bond acceptors (Lipinski definition) is 3. The number of thiazole rings is 1. The van der Waals surface area contributed by atoms with Gasteiger partial charge in [0.15, 0.2) is 0 Å². The van der Waals surface area contributed by atoms with Gasteiger partial charge in [0.05, 0.1) is 10.7 Å². The van der Waals surface area contributed by atoms with Crippen LogP contribution in [0.3, 0.4) is 0 Å². The fourth-order valence-corrected chi connectivity index (χ4v) is 4.54. The highest BCUT2D eigenvalue weighted by Gasteiger charge is 2.28. The number of hydrogen-bond donors (Lipinski definition) is 1. The van der Waals surface area contributed by atoms with Crippen LogP contribution in [0.5, 0.6) is 0 Å². The molecule has 1 aromatic rings. The molecule has 114 valence electrons.